The second kappa shape index (κ2) is 5.70. The SMILES string of the molecule is COc1ccc(Nc2ncnc3sc4c(c23)CCCC4)cc1O. The van der Waals surface area contributed by atoms with Crippen molar-refractivity contribution in [2.45, 2.75) is 25.7 Å². The predicted octanol–water partition coefficient (Wildman–Crippen LogP) is 4.03. The zero-order valence-corrected chi connectivity index (χ0v) is 13.6. The number of thiophene rings is 1. The second-order valence-corrected chi connectivity index (χ2v) is 6.71. The van der Waals surface area contributed by atoms with E-state index < -0.39 is 0 Å². The maximum absolute atomic E-state index is 9.94. The summed E-state index contributed by atoms with van der Waals surface area (Å²) >= 11 is 1.77. The van der Waals surface area contributed by atoms with Gasteiger partial charge in [0, 0.05) is 16.6 Å². The number of nitrogens with one attached hydrogen (secondary N) is 1. The van der Waals surface area contributed by atoms with Crippen LogP contribution in [0.25, 0.3) is 10.2 Å². The molecule has 1 aliphatic rings. The molecule has 0 spiro atoms. The number of aromatic hydroxyl groups is 1. The first-order valence-corrected chi connectivity index (χ1v) is 8.47. The van der Waals surface area contributed by atoms with Crippen LogP contribution in [0, 0.1) is 0 Å². The zero-order valence-electron chi connectivity index (χ0n) is 12.8. The van der Waals surface area contributed by atoms with Gasteiger partial charge in [0.2, 0.25) is 0 Å². The highest BCUT2D eigenvalue weighted by Gasteiger charge is 2.20. The summed E-state index contributed by atoms with van der Waals surface area (Å²) in [5.41, 5.74) is 2.16. The summed E-state index contributed by atoms with van der Waals surface area (Å²) in [6.07, 6.45) is 6.29. The smallest absolute Gasteiger partial charge is 0.160 e. The fourth-order valence-corrected chi connectivity index (χ4v) is 4.32. The van der Waals surface area contributed by atoms with Gasteiger partial charge in [-0.15, -0.1) is 11.3 Å². The molecule has 2 N–H and O–H groups in total. The number of nitrogens with zero attached hydrogens (tertiary/aromatic N) is 2. The highest BCUT2D eigenvalue weighted by atomic mass is 32.1. The Labute approximate surface area is 138 Å². The van der Waals surface area contributed by atoms with Gasteiger partial charge in [-0.25, -0.2) is 9.97 Å². The molecule has 23 heavy (non-hydrogen) atoms. The average molecular weight is 327 g/mol. The maximum atomic E-state index is 9.94. The fraction of sp³-hybridized carbons (Fsp3) is 0.294. The predicted molar refractivity (Wildman–Crippen MR) is 92.0 cm³/mol. The molecule has 2 aromatic heterocycles. The minimum absolute atomic E-state index is 0.107. The van der Waals surface area contributed by atoms with E-state index in [2.05, 4.69) is 15.3 Å². The van der Waals surface area contributed by atoms with E-state index in [1.807, 2.05) is 6.07 Å². The van der Waals surface area contributed by atoms with Gasteiger partial charge in [0.05, 0.1) is 12.5 Å². The molecule has 0 saturated carbocycles. The number of aromatic nitrogens is 2. The van der Waals surface area contributed by atoms with Crippen molar-refractivity contribution in [3.8, 4) is 11.5 Å². The quantitative estimate of drug-likeness (QED) is 0.760. The fourth-order valence-electron chi connectivity index (χ4n) is 3.09. The molecule has 4 rings (SSSR count). The minimum atomic E-state index is 0.107. The van der Waals surface area contributed by atoms with Gasteiger partial charge in [-0.2, -0.15) is 0 Å². The molecule has 1 aliphatic carbocycles. The third-order valence-electron chi connectivity index (χ3n) is 4.19. The number of ether oxygens (including phenoxy) is 1. The van der Waals surface area contributed by atoms with E-state index in [0.717, 1.165) is 34.6 Å². The number of hydrogen-bond acceptors (Lipinski definition) is 6. The molecule has 1 aromatic carbocycles. The second-order valence-electron chi connectivity index (χ2n) is 5.62. The van der Waals surface area contributed by atoms with Crippen molar-refractivity contribution in [3.63, 3.8) is 0 Å². The molecular formula is C17H17N3O2S. The standard InChI is InChI=1S/C17H17N3O2S/c1-22-13-7-6-10(8-12(13)21)20-16-15-11-4-2-3-5-14(11)23-17(15)19-9-18-16/h6-9,21H,2-5H2,1H3,(H,18,19,20). The molecule has 0 atom stereocenters. The van der Waals surface area contributed by atoms with E-state index in [4.69, 9.17) is 4.74 Å². The summed E-state index contributed by atoms with van der Waals surface area (Å²) in [6.45, 7) is 0. The van der Waals surface area contributed by atoms with Gasteiger partial charge in [-0.1, -0.05) is 0 Å². The van der Waals surface area contributed by atoms with Gasteiger partial charge in [0.15, 0.2) is 11.5 Å². The molecule has 3 aromatic rings. The number of rotatable bonds is 3. The van der Waals surface area contributed by atoms with E-state index in [0.29, 0.717) is 5.75 Å². The summed E-state index contributed by atoms with van der Waals surface area (Å²) < 4.78 is 5.08. The molecule has 118 valence electrons. The largest absolute Gasteiger partial charge is 0.504 e. The van der Waals surface area contributed by atoms with Crippen LogP contribution in [0.2, 0.25) is 0 Å². The van der Waals surface area contributed by atoms with E-state index in [9.17, 15) is 5.11 Å². The van der Waals surface area contributed by atoms with Crippen LogP contribution < -0.4 is 10.1 Å². The third kappa shape index (κ3) is 2.49. The van der Waals surface area contributed by atoms with Crippen molar-refractivity contribution < 1.29 is 9.84 Å². The number of anilines is 2. The van der Waals surface area contributed by atoms with Gasteiger partial charge < -0.3 is 15.2 Å². The Morgan fingerprint density at radius 2 is 2.09 bits per heavy atom. The number of phenolic OH excluding ortho intramolecular Hbond substituents is 1. The zero-order chi connectivity index (χ0) is 15.8. The number of hydrogen-bond donors (Lipinski definition) is 2. The molecule has 5 nitrogen and oxygen atoms in total. The Hall–Kier alpha value is -2.34. The van der Waals surface area contributed by atoms with E-state index >= 15 is 0 Å². The van der Waals surface area contributed by atoms with Crippen LogP contribution in [0.4, 0.5) is 11.5 Å². The lowest BCUT2D eigenvalue weighted by molar-refractivity contribution is 0.373. The topological polar surface area (TPSA) is 67.3 Å². The summed E-state index contributed by atoms with van der Waals surface area (Å²) in [6, 6.07) is 5.25. The lowest BCUT2D eigenvalue weighted by Gasteiger charge is -2.13. The Bertz CT molecular complexity index is 876. The summed E-state index contributed by atoms with van der Waals surface area (Å²) in [5.74, 6) is 1.37. The molecular weight excluding hydrogens is 310 g/mol. The van der Waals surface area contributed by atoms with Gasteiger partial charge >= 0.3 is 0 Å². The van der Waals surface area contributed by atoms with E-state index in [1.165, 1.54) is 30.4 Å². The molecule has 0 unspecified atom stereocenters. The van der Waals surface area contributed by atoms with Crippen LogP contribution >= 0.6 is 11.3 Å². The van der Waals surface area contributed by atoms with Gasteiger partial charge in [-0.05, 0) is 43.4 Å². The maximum Gasteiger partial charge on any atom is 0.160 e. The summed E-state index contributed by atoms with van der Waals surface area (Å²) in [4.78, 5) is 11.3. The Kier molecular flexibility index (Phi) is 3.53. The molecule has 2 heterocycles. The van der Waals surface area contributed by atoms with E-state index in [-0.39, 0.29) is 5.75 Å². The first-order valence-electron chi connectivity index (χ1n) is 7.65. The Morgan fingerprint density at radius 3 is 2.91 bits per heavy atom. The lowest BCUT2D eigenvalue weighted by Crippen LogP contribution is -2.01. The minimum Gasteiger partial charge on any atom is -0.504 e. The van der Waals surface area contributed by atoms with Gasteiger partial charge in [0.25, 0.3) is 0 Å². The van der Waals surface area contributed by atoms with Gasteiger partial charge in [0.1, 0.15) is 17.0 Å². The molecule has 0 saturated heterocycles. The van der Waals surface area contributed by atoms with Crippen molar-refractivity contribution in [1.29, 1.82) is 0 Å². The van der Waals surface area contributed by atoms with Crippen LogP contribution in [-0.4, -0.2) is 22.2 Å². The van der Waals surface area contributed by atoms with Crippen molar-refractivity contribution >= 4 is 33.1 Å². The molecule has 0 bridgehead atoms. The number of methoxy groups -OCH3 is 1. The molecule has 0 amide bonds. The summed E-state index contributed by atoms with van der Waals surface area (Å²) in [7, 11) is 1.54. The molecule has 0 radical (unpaired) electrons. The van der Waals surface area contributed by atoms with Crippen molar-refractivity contribution in [3.05, 3.63) is 35.0 Å². The highest BCUT2D eigenvalue weighted by Crippen LogP contribution is 2.39. The number of fused-ring (bicyclic) bond motifs is 3. The molecule has 0 fully saturated rings. The normalized spacial score (nSPS) is 13.8. The average Bonchev–Trinajstić information content (AvgIpc) is 2.94. The first-order chi connectivity index (χ1) is 11.3. The van der Waals surface area contributed by atoms with Crippen LogP contribution in [0.15, 0.2) is 24.5 Å². The van der Waals surface area contributed by atoms with Crippen LogP contribution in [0.5, 0.6) is 11.5 Å². The van der Waals surface area contributed by atoms with Crippen LogP contribution in [0.1, 0.15) is 23.3 Å². The number of aryl methyl sites for hydroxylation is 2. The van der Waals surface area contributed by atoms with Gasteiger partial charge in [-0.3, -0.25) is 0 Å². The van der Waals surface area contributed by atoms with Crippen molar-refractivity contribution in [2.75, 3.05) is 12.4 Å². The van der Waals surface area contributed by atoms with Crippen LogP contribution in [0.3, 0.4) is 0 Å². The monoisotopic (exact) mass is 327 g/mol. The third-order valence-corrected chi connectivity index (χ3v) is 5.39. The lowest BCUT2D eigenvalue weighted by atomic mass is 9.97. The number of phenols is 1. The Morgan fingerprint density at radius 1 is 1.22 bits per heavy atom. The molecule has 0 aliphatic heterocycles. The Balaban J connectivity index is 1.77. The molecule has 6 heteroatoms. The number of benzene rings is 1. The van der Waals surface area contributed by atoms with E-state index in [1.54, 1.807) is 29.8 Å². The highest BCUT2D eigenvalue weighted by molar-refractivity contribution is 7.19. The van der Waals surface area contributed by atoms with Crippen molar-refractivity contribution in [2.24, 2.45) is 0 Å². The van der Waals surface area contributed by atoms with Crippen LogP contribution in [-0.2, 0) is 12.8 Å². The summed E-state index contributed by atoms with van der Waals surface area (Å²) in [5, 5.41) is 14.4. The van der Waals surface area contributed by atoms with Crippen molar-refractivity contribution in [1.82, 2.24) is 9.97 Å². The first kappa shape index (κ1) is 14.3.